The molecule has 190 valence electrons. The Hall–Kier alpha value is -4.11. The molecule has 8 nitrogen and oxygen atoms in total. The maximum atomic E-state index is 14.0. The van der Waals surface area contributed by atoms with E-state index in [1.54, 1.807) is 41.4 Å². The fourth-order valence-electron chi connectivity index (χ4n) is 4.78. The zero-order valence-electron chi connectivity index (χ0n) is 19.8. The number of amides is 2. The van der Waals surface area contributed by atoms with E-state index >= 15 is 0 Å². The van der Waals surface area contributed by atoms with Crippen molar-refractivity contribution in [3.63, 3.8) is 0 Å². The van der Waals surface area contributed by atoms with Gasteiger partial charge in [0.1, 0.15) is 17.5 Å². The van der Waals surface area contributed by atoms with Crippen LogP contribution in [0.2, 0.25) is 5.02 Å². The highest BCUT2D eigenvalue weighted by molar-refractivity contribution is 6.30. The molecule has 0 bridgehead atoms. The van der Waals surface area contributed by atoms with E-state index in [4.69, 9.17) is 11.6 Å². The molecule has 37 heavy (non-hydrogen) atoms. The van der Waals surface area contributed by atoms with Gasteiger partial charge in [-0.05, 0) is 41.5 Å². The van der Waals surface area contributed by atoms with E-state index in [0.29, 0.717) is 31.2 Å². The number of nitrogens with zero attached hydrogens (tertiary/aromatic N) is 3. The number of pyridine rings is 1. The van der Waals surface area contributed by atoms with Crippen molar-refractivity contribution in [1.82, 2.24) is 20.2 Å². The predicted octanol–water partition coefficient (Wildman–Crippen LogP) is 4.55. The molecule has 0 radical (unpaired) electrons. The van der Waals surface area contributed by atoms with Crippen molar-refractivity contribution in [2.24, 2.45) is 0 Å². The Morgan fingerprint density at radius 3 is 2.57 bits per heavy atom. The van der Waals surface area contributed by atoms with Gasteiger partial charge in [-0.3, -0.25) is 4.79 Å². The number of anilines is 1. The van der Waals surface area contributed by atoms with Gasteiger partial charge in [0.2, 0.25) is 5.91 Å². The number of benzene rings is 2. The molecule has 2 amide bonds. The standard InChI is InChI=1S/C27H25ClFN5O3/c28-19-6-4-17(5-7-19)14-23(32-27(36)37)26(35)34-12-10-33(11-13-34)24-21-8-9-30-25(21)31-16-22(24)18-2-1-3-20(29)15-18/h1-9,15-16,23,32H,10-14H2,(H,30,31)(H,36,37). The maximum absolute atomic E-state index is 14.0. The lowest BCUT2D eigenvalue weighted by Gasteiger charge is -2.38. The monoisotopic (exact) mass is 521 g/mol. The number of piperazine rings is 1. The smallest absolute Gasteiger partial charge is 0.405 e. The molecule has 0 spiro atoms. The molecule has 4 aromatic rings. The summed E-state index contributed by atoms with van der Waals surface area (Å²) in [7, 11) is 0. The van der Waals surface area contributed by atoms with Crippen LogP contribution in [-0.4, -0.2) is 64.2 Å². The van der Waals surface area contributed by atoms with Crippen LogP contribution < -0.4 is 10.2 Å². The zero-order chi connectivity index (χ0) is 25.9. The van der Waals surface area contributed by atoms with Gasteiger partial charge in [-0.1, -0.05) is 35.9 Å². The van der Waals surface area contributed by atoms with Crippen LogP contribution in [0.15, 0.2) is 67.0 Å². The van der Waals surface area contributed by atoms with Crippen LogP contribution in [0.3, 0.4) is 0 Å². The molecule has 2 aromatic heterocycles. The fourth-order valence-corrected chi connectivity index (χ4v) is 4.90. The van der Waals surface area contributed by atoms with E-state index in [1.165, 1.54) is 12.1 Å². The summed E-state index contributed by atoms with van der Waals surface area (Å²) in [6.07, 6.45) is 2.52. The van der Waals surface area contributed by atoms with Gasteiger partial charge in [0.05, 0.1) is 5.69 Å². The number of hydrogen-bond donors (Lipinski definition) is 3. The van der Waals surface area contributed by atoms with Crippen molar-refractivity contribution >= 4 is 40.3 Å². The quantitative estimate of drug-likeness (QED) is 0.345. The summed E-state index contributed by atoms with van der Waals surface area (Å²) in [5, 5.41) is 13.2. The average Bonchev–Trinajstić information content (AvgIpc) is 3.37. The van der Waals surface area contributed by atoms with Gasteiger partial charge in [0.25, 0.3) is 0 Å². The molecule has 3 N–H and O–H groups in total. The highest BCUT2D eigenvalue weighted by Gasteiger charge is 2.30. The molecule has 1 saturated heterocycles. The number of carbonyl (C=O) groups is 2. The number of carbonyl (C=O) groups excluding carboxylic acids is 1. The summed E-state index contributed by atoms with van der Waals surface area (Å²) < 4.78 is 14.0. The normalized spacial score (nSPS) is 14.5. The lowest BCUT2D eigenvalue weighted by atomic mass is 10.0. The Balaban J connectivity index is 1.36. The summed E-state index contributed by atoms with van der Waals surface area (Å²) in [6, 6.07) is 14.4. The number of carboxylic acid groups (broad SMARTS) is 1. The van der Waals surface area contributed by atoms with Crippen LogP contribution in [0.1, 0.15) is 5.56 Å². The largest absolute Gasteiger partial charge is 0.465 e. The summed E-state index contributed by atoms with van der Waals surface area (Å²) >= 11 is 5.95. The van der Waals surface area contributed by atoms with Crippen LogP contribution in [0.4, 0.5) is 14.9 Å². The van der Waals surface area contributed by atoms with Crippen molar-refractivity contribution in [2.45, 2.75) is 12.5 Å². The van der Waals surface area contributed by atoms with Crippen molar-refractivity contribution in [2.75, 3.05) is 31.1 Å². The summed E-state index contributed by atoms with van der Waals surface area (Å²) in [5.41, 5.74) is 3.98. The molecular formula is C27H25ClFN5O3. The van der Waals surface area contributed by atoms with E-state index in [0.717, 1.165) is 33.4 Å². The second-order valence-corrected chi connectivity index (χ2v) is 9.35. The van der Waals surface area contributed by atoms with E-state index in [2.05, 4.69) is 20.2 Å². The minimum Gasteiger partial charge on any atom is -0.465 e. The molecule has 0 saturated carbocycles. The number of aromatic amines is 1. The molecule has 2 aromatic carbocycles. The number of aromatic nitrogens is 2. The summed E-state index contributed by atoms with van der Waals surface area (Å²) in [4.78, 5) is 36.3. The van der Waals surface area contributed by atoms with E-state index < -0.39 is 12.1 Å². The number of fused-ring (bicyclic) bond motifs is 1. The minimum atomic E-state index is -1.25. The highest BCUT2D eigenvalue weighted by Crippen LogP contribution is 2.37. The molecule has 10 heteroatoms. The van der Waals surface area contributed by atoms with Crippen LogP contribution in [0, 0.1) is 5.82 Å². The maximum Gasteiger partial charge on any atom is 0.405 e. The van der Waals surface area contributed by atoms with Crippen molar-refractivity contribution < 1.29 is 19.1 Å². The molecule has 0 aliphatic carbocycles. The van der Waals surface area contributed by atoms with Crippen LogP contribution in [0.5, 0.6) is 0 Å². The predicted molar refractivity (Wildman–Crippen MR) is 140 cm³/mol. The first-order valence-corrected chi connectivity index (χ1v) is 12.3. The third-order valence-electron chi connectivity index (χ3n) is 6.55. The van der Waals surface area contributed by atoms with E-state index in [1.807, 2.05) is 18.3 Å². The Labute approximate surface area is 217 Å². The van der Waals surface area contributed by atoms with E-state index in [-0.39, 0.29) is 18.1 Å². The van der Waals surface area contributed by atoms with Gasteiger partial charge < -0.3 is 25.2 Å². The van der Waals surface area contributed by atoms with E-state index in [9.17, 15) is 19.1 Å². The Kier molecular flexibility index (Phi) is 6.96. The highest BCUT2D eigenvalue weighted by atomic mass is 35.5. The third-order valence-corrected chi connectivity index (χ3v) is 6.80. The van der Waals surface area contributed by atoms with Crippen molar-refractivity contribution in [3.8, 4) is 11.1 Å². The van der Waals surface area contributed by atoms with Crippen molar-refractivity contribution in [3.05, 3.63) is 83.4 Å². The Morgan fingerprint density at radius 1 is 1.11 bits per heavy atom. The summed E-state index contributed by atoms with van der Waals surface area (Å²) in [6.45, 7) is 1.88. The Bertz CT molecular complexity index is 1430. The van der Waals surface area contributed by atoms with Crippen LogP contribution in [-0.2, 0) is 11.2 Å². The lowest BCUT2D eigenvalue weighted by Crippen LogP contribution is -2.55. The van der Waals surface area contributed by atoms with Gasteiger partial charge in [-0.25, -0.2) is 14.2 Å². The molecule has 1 aliphatic rings. The second kappa shape index (κ2) is 10.5. The van der Waals surface area contributed by atoms with Gasteiger partial charge in [-0.15, -0.1) is 0 Å². The van der Waals surface area contributed by atoms with Gasteiger partial charge in [0.15, 0.2) is 0 Å². The van der Waals surface area contributed by atoms with Crippen LogP contribution >= 0.6 is 11.6 Å². The van der Waals surface area contributed by atoms with Gasteiger partial charge >= 0.3 is 6.09 Å². The number of H-pyrrole nitrogens is 1. The number of hydrogen-bond acceptors (Lipinski definition) is 4. The number of nitrogens with one attached hydrogen (secondary N) is 2. The zero-order valence-corrected chi connectivity index (χ0v) is 20.6. The molecule has 3 heterocycles. The minimum absolute atomic E-state index is 0.223. The van der Waals surface area contributed by atoms with Crippen molar-refractivity contribution in [1.29, 1.82) is 0 Å². The fraction of sp³-hybridized carbons (Fsp3) is 0.222. The molecular weight excluding hydrogens is 497 g/mol. The first-order valence-electron chi connectivity index (χ1n) is 11.9. The summed E-state index contributed by atoms with van der Waals surface area (Å²) in [5.74, 6) is -0.602. The number of rotatable bonds is 6. The SMILES string of the molecule is O=C(O)NC(Cc1ccc(Cl)cc1)C(=O)N1CCN(c2c(-c3cccc(F)c3)cnc3[nH]ccc23)CC1. The molecule has 5 rings (SSSR count). The first-order chi connectivity index (χ1) is 17.9. The first kappa shape index (κ1) is 24.6. The molecule has 1 unspecified atom stereocenters. The molecule has 1 fully saturated rings. The third kappa shape index (κ3) is 5.36. The topological polar surface area (TPSA) is 102 Å². The molecule has 1 aliphatic heterocycles. The van der Waals surface area contributed by atoms with Crippen LogP contribution in [0.25, 0.3) is 22.2 Å². The number of halogens is 2. The molecule has 1 atom stereocenters. The second-order valence-electron chi connectivity index (χ2n) is 8.92. The van der Waals surface area contributed by atoms with Gasteiger partial charge in [0, 0.05) is 61.0 Å². The lowest BCUT2D eigenvalue weighted by molar-refractivity contribution is -0.133. The average molecular weight is 522 g/mol. The van der Waals surface area contributed by atoms with Gasteiger partial charge in [-0.2, -0.15) is 0 Å². The Morgan fingerprint density at radius 2 is 1.86 bits per heavy atom.